The van der Waals surface area contributed by atoms with E-state index in [1.807, 2.05) is 4.90 Å². The second-order valence-corrected chi connectivity index (χ2v) is 14.8. The van der Waals surface area contributed by atoms with Gasteiger partial charge < -0.3 is 20.3 Å². The number of fused-ring (bicyclic) bond motifs is 3. The molecule has 8 rings (SSSR count). The Labute approximate surface area is 292 Å². The van der Waals surface area contributed by atoms with Crippen molar-refractivity contribution in [2.75, 3.05) is 50.0 Å². The summed E-state index contributed by atoms with van der Waals surface area (Å²) < 4.78 is 97.7. The average Bonchev–Trinajstić information content (AvgIpc) is 3.43. The van der Waals surface area contributed by atoms with E-state index in [0.717, 1.165) is 24.6 Å². The van der Waals surface area contributed by atoms with E-state index >= 15 is 17.6 Å². The van der Waals surface area contributed by atoms with Crippen LogP contribution in [0.1, 0.15) is 37.7 Å². The van der Waals surface area contributed by atoms with Crippen LogP contribution < -0.4 is 15.4 Å². The molecule has 9 nitrogen and oxygen atoms in total. The van der Waals surface area contributed by atoms with Crippen LogP contribution in [0.25, 0.3) is 37.0 Å². The van der Waals surface area contributed by atoms with E-state index in [9.17, 15) is 13.6 Å². The second-order valence-electron chi connectivity index (χ2n) is 13.8. The van der Waals surface area contributed by atoms with Gasteiger partial charge in [-0.05, 0) is 56.0 Å². The van der Waals surface area contributed by atoms with Gasteiger partial charge in [-0.25, -0.2) is 18.0 Å². The van der Waals surface area contributed by atoms with Crippen LogP contribution in [-0.4, -0.2) is 82.3 Å². The normalized spacial score (nSPS) is 22.9. The molecule has 4 aromatic rings. The molecular formula is C35H31F6N7O2S. The van der Waals surface area contributed by atoms with Gasteiger partial charge in [-0.2, -0.15) is 23.1 Å². The molecule has 1 amide bonds. The van der Waals surface area contributed by atoms with E-state index in [4.69, 9.17) is 17.0 Å². The van der Waals surface area contributed by atoms with Crippen molar-refractivity contribution in [3.05, 3.63) is 59.5 Å². The number of anilines is 2. The first-order valence-electron chi connectivity index (χ1n) is 16.5. The summed E-state index contributed by atoms with van der Waals surface area (Å²) in [5, 5.41) is -0.593. The highest BCUT2D eigenvalue weighted by atomic mass is 32.1. The van der Waals surface area contributed by atoms with E-state index in [-0.39, 0.29) is 88.7 Å². The van der Waals surface area contributed by atoms with Gasteiger partial charge in [0, 0.05) is 48.9 Å². The SMILES string of the molecule is [C-]#[N+]c1c(N)sc2c(F)ccc(-c3c(C(F)(F)F)cc4c(N5CCN(C(=O)C=C)C6(CC6)C5)nc(OCC56CCCN5CC(F)C6)nc4c3F)c12. The predicted octanol–water partition coefficient (Wildman–Crippen LogP) is 7.26. The van der Waals surface area contributed by atoms with Gasteiger partial charge in [0.25, 0.3) is 0 Å². The van der Waals surface area contributed by atoms with Crippen LogP contribution in [0, 0.1) is 18.2 Å². The lowest BCUT2D eigenvalue weighted by Crippen LogP contribution is -2.57. The Morgan fingerprint density at radius 1 is 1.20 bits per heavy atom. The van der Waals surface area contributed by atoms with Gasteiger partial charge in [0.1, 0.15) is 29.9 Å². The predicted molar refractivity (Wildman–Crippen MR) is 181 cm³/mol. The Bertz CT molecular complexity index is 2180. The molecule has 0 radical (unpaired) electrons. The summed E-state index contributed by atoms with van der Waals surface area (Å²) in [6.07, 6.45) is -1.91. The molecular weight excluding hydrogens is 696 g/mol. The number of carbonyl (C=O) groups excluding carboxylic acids is 1. The molecule has 1 saturated carbocycles. The smallest absolute Gasteiger partial charge is 0.417 e. The van der Waals surface area contributed by atoms with Crippen molar-refractivity contribution in [3.8, 4) is 17.1 Å². The van der Waals surface area contributed by atoms with Gasteiger partial charge in [0.2, 0.25) is 11.6 Å². The van der Waals surface area contributed by atoms with Crippen LogP contribution in [0.2, 0.25) is 0 Å². The van der Waals surface area contributed by atoms with Crippen molar-refractivity contribution in [1.82, 2.24) is 19.8 Å². The molecule has 266 valence electrons. The van der Waals surface area contributed by atoms with Crippen molar-refractivity contribution in [1.29, 1.82) is 0 Å². The number of nitrogens with zero attached hydrogens (tertiary/aromatic N) is 6. The molecule has 16 heteroatoms. The summed E-state index contributed by atoms with van der Waals surface area (Å²) in [6.45, 7) is 12.8. The summed E-state index contributed by atoms with van der Waals surface area (Å²) >= 11 is 0.689. The third kappa shape index (κ3) is 5.26. The van der Waals surface area contributed by atoms with Gasteiger partial charge >= 0.3 is 12.2 Å². The zero-order valence-electron chi connectivity index (χ0n) is 27.1. The lowest BCUT2D eigenvalue weighted by molar-refractivity contribution is -0.137. The molecule has 4 fully saturated rings. The number of benzene rings is 2. The highest BCUT2D eigenvalue weighted by Gasteiger charge is 2.53. The van der Waals surface area contributed by atoms with E-state index in [0.29, 0.717) is 37.1 Å². The molecule has 3 aliphatic heterocycles. The van der Waals surface area contributed by atoms with Crippen molar-refractivity contribution in [2.45, 2.75) is 55.5 Å². The maximum atomic E-state index is 17.1. The van der Waals surface area contributed by atoms with E-state index in [2.05, 4.69) is 21.4 Å². The highest BCUT2D eigenvalue weighted by Crippen LogP contribution is 2.51. The van der Waals surface area contributed by atoms with Crippen molar-refractivity contribution in [2.24, 2.45) is 0 Å². The summed E-state index contributed by atoms with van der Waals surface area (Å²) in [5.74, 6) is -2.46. The fourth-order valence-corrected chi connectivity index (χ4v) is 9.25. The molecule has 3 saturated heterocycles. The molecule has 2 aromatic heterocycles. The zero-order valence-corrected chi connectivity index (χ0v) is 27.9. The van der Waals surface area contributed by atoms with Crippen LogP contribution in [0.5, 0.6) is 6.01 Å². The van der Waals surface area contributed by atoms with Gasteiger partial charge in [-0.1, -0.05) is 12.6 Å². The zero-order chi connectivity index (χ0) is 36.0. The Morgan fingerprint density at radius 3 is 2.69 bits per heavy atom. The minimum absolute atomic E-state index is 0.00984. The highest BCUT2D eigenvalue weighted by molar-refractivity contribution is 7.23. The molecule has 1 aliphatic carbocycles. The quantitative estimate of drug-likeness (QED) is 0.127. The number of aromatic nitrogens is 2. The molecule has 4 aliphatic rings. The number of halogens is 6. The van der Waals surface area contributed by atoms with Gasteiger partial charge in [-0.15, -0.1) is 11.3 Å². The van der Waals surface area contributed by atoms with Gasteiger partial charge in [0.15, 0.2) is 5.82 Å². The lowest BCUT2D eigenvalue weighted by Gasteiger charge is -2.42. The topological polar surface area (TPSA) is 92.2 Å². The molecule has 2 atom stereocenters. The number of alkyl halides is 4. The lowest BCUT2D eigenvalue weighted by atomic mass is 9.93. The second kappa shape index (κ2) is 11.7. The standard InChI is InChI=1S/C35H31F6N7O2S/c1-3-23(49)48-12-11-46(16-33(48)8-9-33)31-20-13-21(35(39,40)41)24(19-5-6-22(37)29-25(19)28(43-2)30(42)51-29)26(38)27(20)44-32(45-31)50-17-34-7-4-10-47(34)15-18(36)14-34/h3,5-6,13,18H,1,4,7-12,14-17,42H2. The number of rotatable bonds is 6. The molecule has 2 aromatic carbocycles. The van der Waals surface area contributed by atoms with Crippen LogP contribution in [0.3, 0.4) is 0 Å². The van der Waals surface area contributed by atoms with E-state index < -0.39 is 51.7 Å². The van der Waals surface area contributed by atoms with Crippen molar-refractivity contribution < 1.29 is 35.9 Å². The van der Waals surface area contributed by atoms with E-state index in [1.165, 1.54) is 6.08 Å². The number of thiophene rings is 1. The first-order valence-corrected chi connectivity index (χ1v) is 17.3. The number of hydrogen-bond acceptors (Lipinski definition) is 8. The first kappa shape index (κ1) is 33.5. The van der Waals surface area contributed by atoms with Gasteiger partial charge in [-0.3, -0.25) is 9.69 Å². The summed E-state index contributed by atoms with van der Waals surface area (Å²) in [7, 11) is 0. The minimum Gasteiger partial charge on any atom is -0.461 e. The molecule has 5 heterocycles. The summed E-state index contributed by atoms with van der Waals surface area (Å²) in [6, 6.07) is 2.39. The van der Waals surface area contributed by atoms with Crippen molar-refractivity contribution in [3.63, 3.8) is 0 Å². The fraction of sp³-hybridized carbons (Fsp3) is 0.429. The average molecular weight is 728 g/mol. The third-order valence-corrected chi connectivity index (χ3v) is 11.8. The van der Waals surface area contributed by atoms with Crippen LogP contribution in [-0.2, 0) is 11.0 Å². The maximum absolute atomic E-state index is 17.1. The first-order chi connectivity index (χ1) is 24.3. The minimum atomic E-state index is -5.11. The number of hydrogen-bond donors (Lipinski definition) is 1. The number of nitrogens with two attached hydrogens (primary N) is 1. The van der Waals surface area contributed by atoms with Crippen LogP contribution in [0.15, 0.2) is 30.9 Å². The third-order valence-electron chi connectivity index (χ3n) is 10.8. The van der Waals surface area contributed by atoms with Gasteiger partial charge in [0.05, 0.1) is 32.9 Å². The summed E-state index contributed by atoms with van der Waals surface area (Å²) in [4.78, 5) is 30.4. The molecule has 2 unspecified atom stereocenters. The molecule has 51 heavy (non-hydrogen) atoms. The molecule has 0 bridgehead atoms. The monoisotopic (exact) mass is 727 g/mol. The molecule has 2 N–H and O–H groups in total. The number of piperazine rings is 1. The Kier molecular flexibility index (Phi) is 7.69. The Hall–Kier alpha value is -4.62. The Morgan fingerprint density at radius 2 is 1.98 bits per heavy atom. The number of amides is 1. The Balaban J connectivity index is 1.33. The van der Waals surface area contributed by atoms with Crippen LogP contribution >= 0.6 is 11.3 Å². The largest absolute Gasteiger partial charge is 0.461 e. The fourth-order valence-electron chi connectivity index (χ4n) is 8.31. The summed E-state index contributed by atoms with van der Waals surface area (Å²) in [5.41, 5.74) is 1.34. The number of nitrogen functional groups attached to an aromatic ring is 1. The molecule has 1 spiro atoms. The number of ether oxygens (including phenoxy) is 1. The van der Waals surface area contributed by atoms with E-state index in [1.54, 1.807) is 9.80 Å². The maximum Gasteiger partial charge on any atom is 0.417 e. The van der Waals surface area contributed by atoms with Crippen molar-refractivity contribution >= 4 is 54.7 Å². The number of carbonyl (C=O) groups is 1. The van der Waals surface area contributed by atoms with Crippen LogP contribution in [0.4, 0.5) is 42.8 Å².